The number of unbranched alkanes of at least 4 members (excludes halogenated alkanes) is 3. The third-order valence-corrected chi connectivity index (χ3v) is 7.57. The van der Waals surface area contributed by atoms with Gasteiger partial charge in [-0.15, -0.1) is 0 Å². The fourth-order valence-corrected chi connectivity index (χ4v) is 5.48. The minimum atomic E-state index is -1.48. The first-order chi connectivity index (χ1) is 16.5. The van der Waals surface area contributed by atoms with Crippen molar-refractivity contribution in [3.05, 3.63) is 82.4 Å². The molecule has 1 fully saturated rings. The maximum atomic E-state index is 15.2. The van der Waals surface area contributed by atoms with Crippen molar-refractivity contribution in [1.82, 2.24) is 0 Å². The average molecular weight is 471 g/mol. The van der Waals surface area contributed by atoms with Crippen molar-refractivity contribution >= 4 is 10.8 Å². The molecule has 0 unspecified atom stereocenters. The number of halogens is 4. The SMILES string of the molecule is CCCCCCC1CCC(c2ccc3c(F)c(CCc4cc(F)c(F)c(F)c4)ccc3c2)CC1. The van der Waals surface area contributed by atoms with E-state index in [0.717, 1.165) is 23.4 Å². The monoisotopic (exact) mass is 470 g/mol. The van der Waals surface area contributed by atoms with E-state index in [-0.39, 0.29) is 18.7 Å². The van der Waals surface area contributed by atoms with Crippen molar-refractivity contribution in [1.29, 1.82) is 0 Å². The summed E-state index contributed by atoms with van der Waals surface area (Å²) < 4.78 is 55.3. The lowest BCUT2D eigenvalue weighted by Gasteiger charge is -2.29. The largest absolute Gasteiger partial charge is 0.206 e. The third-order valence-electron chi connectivity index (χ3n) is 7.57. The van der Waals surface area contributed by atoms with Crippen LogP contribution >= 0.6 is 0 Å². The van der Waals surface area contributed by atoms with Crippen LogP contribution in [0.2, 0.25) is 0 Å². The molecule has 3 aromatic rings. The molecule has 4 rings (SSSR count). The van der Waals surface area contributed by atoms with Crippen LogP contribution in [0.25, 0.3) is 10.8 Å². The third kappa shape index (κ3) is 5.82. The van der Waals surface area contributed by atoms with E-state index in [9.17, 15) is 13.2 Å². The van der Waals surface area contributed by atoms with Gasteiger partial charge >= 0.3 is 0 Å². The second-order valence-corrected chi connectivity index (χ2v) is 9.96. The molecular weight excluding hydrogens is 436 g/mol. The van der Waals surface area contributed by atoms with Gasteiger partial charge in [0, 0.05) is 5.39 Å². The van der Waals surface area contributed by atoms with E-state index in [2.05, 4.69) is 19.1 Å². The Balaban J connectivity index is 1.39. The van der Waals surface area contributed by atoms with Gasteiger partial charge in [0.1, 0.15) is 5.82 Å². The first-order valence-electron chi connectivity index (χ1n) is 12.8. The quantitative estimate of drug-likeness (QED) is 0.166. The van der Waals surface area contributed by atoms with Crippen LogP contribution in [0, 0.1) is 29.2 Å². The van der Waals surface area contributed by atoms with Crippen LogP contribution in [0.15, 0.2) is 42.5 Å². The molecule has 0 aliphatic heterocycles. The van der Waals surface area contributed by atoms with Crippen LogP contribution in [-0.4, -0.2) is 0 Å². The van der Waals surface area contributed by atoms with E-state index < -0.39 is 17.5 Å². The predicted octanol–water partition coefficient (Wildman–Crippen LogP) is 9.43. The Bertz CT molecular complexity index is 1090. The van der Waals surface area contributed by atoms with E-state index >= 15 is 4.39 Å². The Labute approximate surface area is 200 Å². The minimum Gasteiger partial charge on any atom is -0.206 e. The first-order valence-corrected chi connectivity index (χ1v) is 12.8. The Morgan fingerprint density at radius 3 is 2.18 bits per heavy atom. The van der Waals surface area contributed by atoms with Crippen LogP contribution in [0.3, 0.4) is 0 Å². The normalized spacial score (nSPS) is 18.5. The number of hydrogen-bond acceptors (Lipinski definition) is 0. The summed E-state index contributed by atoms with van der Waals surface area (Å²) >= 11 is 0. The standard InChI is InChI=1S/C30H34F4/c1-2-3-4-5-6-20-7-10-22(11-8-20)24-15-16-26-25(19-24)14-13-23(29(26)33)12-9-21-17-27(31)30(34)28(32)18-21/h13-20,22H,2-12H2,1H3. The summed E-state index contributed by atoms with van der Waals surface area (Å²) in [5.41, 5.74) is 2.10. The molecule has 182 valence electrons. The van der Waals surface area contributed by atoms with Gasteiger partial charge in [0.2, 0.25) is 0 Å². The van der Waals surface area contributed by atoms with Gasteiger partial charge in [0.05, 0.1) is 0 Å². The maximum Gasteiger partial charge on any atom is 0.194 e. The van der Waals surface area contributed by atoms with Crippen molar-refractivity contribution in [2.24, 2.45) is 5.92 Å². The summed E-state index contributed by atoms with van der Waals surface area (Å²) in [5, 5.41) is 1.46. The summed E-state index contributed by atoms with van der Waals surface area (Å²) in [4.78, 5) is 0. The Hall–Kier alpha value is -2.36. The zero-order chi connectivity index (χ0) is 24.1. The zero-order valence-corrected chi connectivity index (χ0v) is 20.0. The number of rotatable bonds is 9. The van der Waals surface area contributed by atoms with E-state index in [1.54, 1.807) is 6.07 Å². The molecule has 34 heavy (non-hydrogen) atoms. The van der Waals surface area contributed by atoms with E-state index in [4.69, 9.17) is 0 Å². The molecule has 0 atom stereocenters. The molecular formula is C30H34F4. The van der Waals surface area contributed by atoms with Crippen molar-refractivity contribution in [3.8, 4) is 0 Å². The first kappa shape index (κ1) is 24.8. The molecule has 4 heteroatoms. The fourth-order valence-electron chi connectivity index (χ4n) is 5.48. The Kier molecular flexibility index (Phi) is 8.28. The highest BCUT2D eigenvalue weighted by Crippen LogP contribution is 2.39. The molecule has 0 bridgehead atoms. The number of fused-ring (bicyclic) bond motifs is 1. The number of hydrogen-bond donors (Lipinski definition) is 0. The van der Waals surface area contributed by atoms with E-state index in [1.165, 1.54) is 63.4 Å². The van der Waals surface area contributed by atoms with Gasteiger partial charge < -0.3 is 0 Å². The molecule has 1 saturated carbocycles. The second kappa shape index (κ2) is 11.4. The van der Waals surface area contributed by atoms with Crippen molar-refractivity contribution in [2.75, 3.05) is 0 Å². The Morgan fingerprint density at radius 1 is 0.735 bits per heavy atom. The summed E-state index contributed by atoms with van der Waals surface area (Å²) in [7, 11) is 0. The zero-order valence-electron chi connectivity index (χ0n) is 20.0. The topological polar surface area (TPSA) is 0 Å². The van der Waals surface area contributed by atoms with E-state index in [0.29, 0.717) is 22.4 Å². The van der Waals surface area contributed by atoms with Crippen LogP contribution in [0.4, 0.5) is 17.6 Å². The molecule has 0 amide bonds. The van der Waals surface area contributed by atoms with Crippen LogP contribution in [0.5, 0.6) is 0 Å². The number of aryl methyl sites for hydroxylation is 2. The van der Waals surface area contributed by atoms with Gasteiger partial charge in [-0.3, -0.25) is 0 Å². The molecule has 0 nitrogen and oxygen atoms in total. The maximum absolute atomic E-state index is 15.2. The summed E-state index contributed by atoms with van der Waals surface area (Å²) in [6.45, 7) is 2.25. The highest BCUT2D eigenvalue weighted by Gasteiger charge is 2.22. The van der Waals surface area contributed by atoms with Crippen molar-refractivity contribution < 1.29 is 17.6 Å². The fraction of sp³-hybridized carbons (Fsp3) is 0.467. The second-order valence-electron chi connectivity index (χ2n) is 9.96. The highest BCUT2D eigenvalue weighted by atomic mass is 19.2. The lowest BCUT2D eigenvalue weighted by molar-refractivity contribution is 0.302. The summed E-state index contributed by atoms with van der Waals surface area (Å²) in [6, 6.07) is 11.7. The molecule has 0 saturated heterocycles. The highest BCUT2D eigenvalue weighted by molar-refractivity contribution is 5.84. The molecule has 0 spiro atoms. The molecule has 3 aromatic carbocycles. The molecule has 0 heterocycles. The van der Waals surface area contributed by atoms with Crippen LogP contribution < -0.4 is 0 Å². The predicted molar refractivity (Wildman–Crippen MR) is 131 cm³/mol. The Morgan fingerprint density at radius 2 is 1.47 bits per heavy atom. The molecule has 0 aromatic heterocycles. The van der Waals surface area contributed by atoms with Gasteiger partial charge in [0.15, 0.2) is 17.5 Å². The summed E-state index contributed by atoms with van der Waals surface area (Å²) in [6.07, 6.45) is 12.2. The van der Waals surface area contributed by atoms with Gasteiger partial charge in [-0.1, -0.05) is 69.4 Å². The number of benzene rings is 3. The summed E-state index contributed by atoms with van der Waals surface area (Å²) in [5.74, 6) is -2.79. The molecule has 1 aliphatic rings. The molecule has 0 N–H and O–H groups in total. The minimum absolute atomic E-state index is 0.232. The molecule has 0 radical (unpaired) electrons. The lowest BCUT2D eigenvalue weighted by atomic mass is 9.76. The van der Waals surface area contributed by atoms with Gasteiger partial charge in [-0.05, 0) is 84.6 Å². The van der Waals surface area contributed by atoms with Crippen LogP contribution in [0.1, 0.15) is 87.3 Å². The lowest BCUT2D eigenvalue weighted by Crippen LogP contribution is -2.13. The smallest absolute Gasteiger partial charge is 0.194 e. The van der Waals surface area contributed by atoms with E-state index in [1.807, 2.05) is 12.1 Å². The van der Waals surface area contributed by atoms with Gasteiger partial charge in [-0.25, -0.2) is 17.6 Å². The van der Waals surface area contributed by atoms with Crippen molar-refractivity contribution in [3.63, 3.8) is 0 Å². The molecule has 1 aliphatic carbocycles. The van der Waals surface area contributed by atoms with Gasteiger partial charge in [-0.2, -0.15) is 0 Å². The van der Waals surface area contributed by atoms with Gasteiger partial charge in [0.25, 0.3) is 0 Å². The average Bonchev–Trinajstić information content (AvgIpc) is 2.85. The van der Waals surface area contributed by atoms with Crippen LogP contribution in [-0.2, 0) is 12.8 Å². The van der Waals surface area contributed by atoms with Crippen molar-refractivity contribution in [2.45, 2.75) is 83.5 Å².